The van der Waals surface area contributed by atoms with Gasteiger partial charge in [-0.15, -0.1) is 0 Å². The van der Waals surface area contributed by atoms with Crippen LogP contribution >= 0.6 is 11.6 Å². The molecule has 1 heterocycles. The SMILES string of the molecule is Cc1[nH]nc(-c2ccc(F)c(Cl)c2)c1CN. The molecule has 1 aromatic carbocycles. The number of halogens is 2. The van der Waals surface area contributed by atoms with E-state index in [-0.39, 0.29) is 5.02 Å². The number of hydrogen-bond acceptors (Lipinski definition) is 2. The van der Waals surface area contributed by atoms with Gasteiger partial charge in [-0.2, -0.15) is 5.10 Å². The fourth-order valence-corrected chi connectivity index (χ4v) is 1.76. The predicted octanol–water partition coefficient (Wildman–Crippen LogP) is 2.64. The smallest absolute Gasteiger partial charge is 0.141 e. The number of H-pyrrole nitrogens is 1. The molecule has 0 saturated heterocycles. The summed E-state index contributed by atoms with van der Waals surface area (Å²) in [4.78, 5) is 0. The Labute approximate surface area is 97.4 Å². The maximum absolute atomic E-state index is 13.0. The zero-order valence-corrected chi connectivity index (χ0v) is 9.48. The third-order valence-electron chi connectivity index (χ3n) is 2.47. The first-order valence-corrected chi connectivity index (χ1v) is 5.20. The summed E-state index contributed by atoms with van der Waals surface area (Å²) < 4.78 is 13.0. The standard InChI is InChI=1S/C11H11ClFN3/c1-6-8(5-14)11(16-15-6)7-2-3-10(13)9(12)4-7/h2-4H,5,14H2,1H3,(H,15,16). The Hall–Kier alpha value is -1.39. The van der Waals surface area contributed by atoms with Gasteiger partial charge in [-0.25, -0.2) is 4.39 Å². The van der Waals surface area contributed by atoms with Crippen molar-refractivity contribution >= 4 is 11.6 Å². The lowest BCUT2D eigenvalue weighted by Gasteiger charge is -2.02. The van der Waals surface area contributed by atoms with E-state index < -0.39 is 5.82 Å². The molecule has 0 radical (unpaired) electrons. The molecule has 0 bridgehead atoms. The Kier molecular flexibility index (Phi) is 2.94. The van der Waals surface area contributed by atoms with Gasteiger partial charge in [0, 0.05) is 23.4 Å². The van der Waals surface area contributed by atoms with E-state index in [1.807, 2.05) is 6.92 Å². The molecule has 3 N–H and O–H groups in total. The van der Waals surface area contributed by atoms with Crippen molar-refractivity contribution in [1.82, 2.24) is 10.2 Å². The van der Waals surface area contributed by atoms with Crippen molar-refractivity contribution in [3.8, 4) is 11.3 Å². The average Bonchev–Trinajstić information content (AvgIpc) is 2.63. The molecule has 0 aliphatic heterocycles. The minimum atomic E-state index is -0.438. The van der Waals surface area contributed by atoms with Gasteiger partial charge in [0.25, 0.3) is 0 Å². The van der Waals surface area contributed by atoms with E-state index in [2.05, 4.69) is 10.2 Å². The van der Waals surface area contributed by atoms with E-state index in [9.17, 15) is 4.39 Å². The number of nitrogens with one attached hydrogen (secondary N) is 1. The number of aromatic nitrogens is 2. The second-order valence-corrected chi connectivity index (χ2v) is 3.92. The van der Waals surface area contributed by atoms with Crippen LogP contribution in [-0.4, -0.2) is 10.2 Å². The molecule has 0 spiro atoms. The number of aromatic amines is 1. The Balaban J connectivity index is 2.54. The van der Waals surface area contributed by atoms with Crippen molar-refractivity contribution in [2.75, 3.05) is 0 Å². The molecule has 16 heavy (non-hydrogen) atoms. The second-order valence-electron chi connectivity index (χ2n) is 3.51. The second kappa shape index (κ2) is 4.23. The van der Waals surface area contributed by atoms with Gasteiger partial charge in [0.1, 0.15) is 5.82 Å². The minimum absolute atomic E-state index is 0.0844. The highest BCUT2D eigenvalue weighted by atomic mass is 35.5. The maximum Gasteiger partial charge on any atom is 0.141 e. The summed E-state index contributed by atoms with van der Waals surface area (Å²) in [6.45, 7) is 2.27. The summed E-state index contributed by atoms with van der Waals surface area (Å²) in [6.07, 6.45) is 0. The lowest BCUT2D eigenvalue weighted by Crippen LogP contribution is -1.98. The highest BCUT2D eigenvalue weighted by Gasteiger charge is 2.12. The first kappa shape index (κ1) is 11.1. The summed E-state index contributed by atoms with van der Waals surface area (Å²) in [5, 5.41) is 7.08. The fourth-order valence-electron chi connectivity index (χ4n) is 1.58. The van der Waals surface area contributed by atoms with Crippen molar-refractivity contribution in [2.45, 2.75) is 13.5 Å². The van der Waals surface area contributed by atoms with Crippen LogP contribution in [0.2, 0.25) is 5.02 Å². The van der Waals surface area contributed by atoms with Gasteiger partial charge in [-0.3, -0.25) is 5.10 Å². The minimum Gasteiger partial charge on any atom is -0.326 e. The Morgan fingerprint density at radius 1 is 1.50 bits per heavy atom. The van der Waals surface area contributed by atoms with Crippen LogP contribution in [0.5, 0.6) is 0 Å². The zero-order chi connectivity index (χ0) is 11.7. The van der Waals surface area contributed by atoms with Gasteiger partial charge < -0.3 is 5.73 Å². The number of rotatable bonds is 2. The highest BCUT2D eigenvalue weighted by molar-refractivity contribution is 6.31. The molecule has 84 valence electrons. The quantitative estimate of drug-likeness (QED) is 0.847. The number of nitrogens with zero attached hydrogens (tertiary/aromatic N) is 1. The molecule has 1 aromatic heterocycles. The molecule has 2 rings (SSSR count). The van der Waals surface area contributed by atoms with E-state index >= 15 is 0 Å². The Morgan fingerprint density at radius 2 is 2.25 bits per heavy atom. The largest absolute Gasteiger partial charge is 0.326 e. The monoisotopic (exact) mass is 239 g/mol. The molecule has 0 fully saturated rings. The van der Waals surface area contributed by atoms with Crippen molar-refractivity contribution < 1.29 is 4.39 Å². The number of hydrogen-bond donors (Lipinski definition) is 2. The molecular weight excluding hydrogens is 229 g/mol. The molecule has 0 aliphatic carbocycles. The maximum atomic E-state index is 13.0. The first-order chi connectivity index (χ1) is 7.63. The summed E-state index contributed by atoms with van der Waals surface area (Å²) in [5.41, 5.74) is 8.95. The van der Waals surface area contributed by atoms with Crippen LogP contribution in [0, 0.1) is 12.7 Å². The molecule has 3 nitrogen and oxygen atoms in total. The Bertz CT molecular complexity index is 522. The van der Waals surface area contributed by atoms with Crippen molar-refractivity contribution in [3.63, 3.8) is 0 Å². The molecule has 0 atom stereocenters. The predicted molar refractivity (Wildman–Crippen MR) is 61.6 cm³/mol. The number of benzene rings is 1. The highest BCUT2D eigenvalue weighted by Crippen LogP contribution is 2.27. The summed E-state index contributed by atoms with van der Waals surface area (Å²) in [5.74, 6) is -0.438. The summed E-state index contributed by atoms with van der Waals surface area (Å²) in [7, 11) is 0. The van der Waals surface area contributed by atoms with E-state index in [0.717, 1.165) is 22.5 Å². The van der Waals surface area contributed by atoms with Crippen LogP contribution in [0.25, 0.3) is 11.3 Å². The lowest BCUT2D eigenvalue weighted by atomic mass is 10.1. The molecule has 5 heteroatoms. The lowest BCUT2D eigenvalue weighted by molar-refractivity contribution is 0.628. The third-order valence-corrected chi connectivity index (χ3v) is 2.76. The average molecular weight is 240 g/mol. The van der Waals surface area contributed by atoms with Crippen molar-refractivity contribution in [2.24, 2.45) is 5.73 Å². The van der Waals surface area contributed by atoms with E-state index in [4.69, 9.17) is 17.3 Å². The Morgan fingerprint density at radius 3 is 2.88 bits per heavy atom. The summed E-state index contributed by atoms with van der Waals surface area (Å²) >= 11 is 5.72. The van der Waals surface area contributed by atoms with Gasteiger partial charge in [0.05, 0.1) is 10.7 Å². The van der Waals surface area contributed by atoms with Crippen LogP contribution in [0.15, 0.2) is 18.2 Å². The van der Waals surface area contributed by atoms with Gasteiger partial charge in [0.15, 0.2) is 0 Å². The molecular formula is C11H11ClFN3. The van der Waals surface area contributed by atoms with Gasteiger partial charge in [-0.05, 0) is 25.1 Å². The van der Waals surface area contributed by atoms with Gasteiger partial charge in [0.2, 0.25) is 0 Å². The topological polar surface area (TPSA) is 54.7 Å². The molecule has 2 aromatic rings. The third kappa shape index (κ3) is 1.81. The molecule has 0 saturated carbocycles. The molecule has 0 aliphatic rings. The first-order valence-electron chi connectivity index (χ1n) is 4.83. The van der Waals surface area contributed by atoms with Crippen LogP contribution in [0.1, 0.15) is 11.3 Å². The normalized spacial score (nSPS) is 10.8. The van der Waals surface area contributed by atoms with Crippen LogP contribution < -0.4 is 5.73 Å². The fraction of sp³-hybridized carbons (Fsp3) is 0.182. The van der Waals surface area contributed by atoms with Gasteiger partial charge >= 0.3 is 0 Å². The van der Waals surface area contributed by atoms with E-state index in [1.165, 1.54) is 6.07 Å². The van der Waals surface area contributed by atoms with Crippen LogP contribution in [-0.2, 0) is 6.54 Å². The van der Waals surface area contributed by atoms with E-state index in [0.29, 0.717) is 6.54 Å². The van der Waals surface area contributed by atoms with Crippen molar-refractivity contribution in [1.29, 1.82) is 0 Å². The zero-order valence-electron chi connectivity index (χ0n) is 8.72. The van der Waals surface area contributed by atoms with Crippen LogP contribution in [0.4, 0.5) is 4.39 Å². The number of aryl methyl sites for hydroxylation is 1. The van der Waals surface area contributed by atoms with Crippen molar-refractivity contribution in [3.05, 3.63) is 40.3 Å². The number of nitrogens with two attached hydrogens (primary N) is 1. The summed E-state index contributed by atoms with van der Waals surface area (Å²) in [6, 6.07) is 4.50. The van der Waals surface area contributed by atoms with E-state index in [1.54, 1.807) is 12.1 Å². The molecule has 0 unspecified atom stereocenters. The molecule has 0 amide bonds. The van der Waals surface area contributed by atoms with Crippen LogP contribution in [0.3, 0.4) is 0 Å². The van der Waals surface area contributed by atoms with Gasteiger partial charge in [-0.1, -0.05) is 11.6 Å².